The van der Waals surface area contributed by atoms with E-state index in [9.17, 15) is 14.7 Å². The number of hydrogen-bond donors (Lipinski definition) is 3. The summed E-state index contributed by atoms with van der Waals surface area (Å²) in [6.07, 6.45) is 4.12. The Hall–Kier alpha value is -1.30. The minimum absolute atomic E-state index is 0.108. The molecule has 1 aliphatic carbocycles. The Bertz CT molecular complexity index is 471. The Kier molecular flexibility index (Phi) is 8.38. The summed E-state index contributed by atoms with van der Waals surface area (Å²) in [7, 11) is 0. The van der Waals surface area contributed by atoms with Gasteiger partial charge in [-0.2, -0.15) is 0 Å². The Balaban J connectivity index is 2.72. The monoisotopic (exact) mass is 370 g/mol. The predicted octanol–water partition coefficient (Wildman–Crippen LogP) is 3.37. The van der Waals surface area contributed by atoms with Gasteiger partial charge in [-0.25, -0.2) is 4.79 Å². The summed E-state index contributed by atoms with van der Waals surface area (Å²) < 4.78 is 5.35. The molecule has 0 radical (unpaired) electrons. The number of carbonyl (C=O) groups excluding carboxylic acids is 2. The quantitative estimate of drug-likeness (QED) is 0.641. The van der Waals surface area contributed by atoms with Crippen LogP contribution in [0.4, 0.5) is 4.79 Å². The number of nitrogens with one attached hydrogen (secondary N) is 2. The Morgan fingerprint density at radius 2 is 1.85 bits per heavy atom. The van der Waals surface area contributed by atoms with Gasteiger partial charge in [0.05, 0.1) is 11.5 Å². The van der Waals surface area contributed by atoms with E-state index in [1.165, 1.54) is 0 Å². The highest BCUT2D eigenvalue weighted by Crippen LogP contribution is 2.36. The third-order valence-electron chi connectivity index (χ3n) is 5.48. The summed E-state index contributed by atoms with van der Waals surface area (Å²) in [5.74, 6) is 0.0772. The second kappa shape index (κ2) is 9.58. The van der Waals surface area contributed by atoms with E-state index in [0.717, 1.165) is 32.1 Å². The molecule has 26 heavy (non-hydrogen) atoms. The van der Waals surface area contributed by atoms with Crippen LogP contribution < -0.4 is 10.6 Å². The molecule has 3 atom stereocenters. The average molecular weight is 371 g/mol. The fourth-order valence-electron chi connectivity index (χ4n) is 3.69. The Morgan fingerprint density at radius 1 is 1.23 bits per heavy atom. The lowest BCUT2D eigenvalue weighted by atomic mass is 9.71. The minimum atomic E-state index is -0.692. The van der Waals surface area contributed by atoms with Crippen LogP contribution in [0.25, 0.3) is 0 Å². The second-order valence-electron chi connectivity index (χ2n) is 8.72. The highest BCUT2D eigenvalue weighted by Gasteiger charge is 2.44. The lowest BCUT2D eigenvalue weighted by Gasteiger charge is -2.40. The number of aliphatic hydroxyl groups excluding tert-OH is 1. The molecule has 1 rings (SSSR count). The molecule has 6 nitrogen and oxygen atoms in total. The highest BCUT2D eigenvalue weighted by atomic mass is 16.6. The van der Waals surface area contributed by atoms with Crippen molar-refractivity contribution in [3.8, 4) is 0 Å². The fraction of sp³-hybridized carbons (Fsp3) is 0.900. The molecule has 0 aliphatic heterocycles. The largest absolute Gasteiger partial charge is 0.444 e. The molecule has 0 bridgehead atoms. The highest BCUT2D eigenvalue weighted by molar-refractivity contribution is 5.84. The number of ether oxygens (including phenoxy) is 1. The normalized spacial score (nSPS) is 24.8. The predicted molar refractivity (Wildman–Crippen MR) is 103 cm³/mol. The lowest BCUT2D eigenvalue weighted by Crippen LogP contribution is -2.57. The minimum Gasteiger partial charge on any atom is -0.444 e. The van der Waals surface area contributed by atoms with E-state index in [-0.39, 0.29) is 24.4 Å². The van der Waals surface area contributed by atoms with E-state index in [4.69, 9.17) is 4.74 Å². The van der Waals surface area contributed by atoms with Crippen LogP contribution in [0.3, 0.4) is 0 Å². The number of aliphatic hydroxyl groups is 1. The number of hydrogen-bond acceptors (Lipinski definition) is 4. The van der Waals surface area contributed by atoms with Crippen LogP contribution in [0.2, 0.25) is 0 Å². The topological polar surface area (TPSA) is 87.7 Å². The molecule has 6 heteroatoms. The number of rotatable bonds is 7. The molecular formula is C20H38N2O4. The Labute approximate surface area is 158 Å². The van der Waals surface area contributed by atoms with Crippen LogP contribution in [0.1, 0.15) is 80.1 Å². The van der Waals surface area contributed by atoms with E-state index >= 15 is 0 Å². The third-order valence-corrected chi connectivity index (χ3v) is 5.48. The lowest BCUT2D eigenvalue weighted by molar-refractivity contribution is -0.134. The van der Waals surface area contributed by atoms with Gasteiger partial charge in [0, 0.05) is 12.6 Å². The molecule has 0 aromatic carbocycles. The summed E-state index contributed by atoms with van der Waals surface area (Å²) in [5, 5.41) is 16.1. The maximum Gasteiger partial charge on any atom is 0.407 e. The molecule has 152 valence electrons. The third kappa shape index (κ3) is 6.45. The zero-order valence-electron chi connectivity index (χ0n) is 17.4. The fourth-order valence-corrected chi connectivity index (χ4v) is 3.69. The van der Waals surface area contributed by atoms with E-state index in [0.29, 0.717) is 6.42 Å². The van der Waals surface area contributed by atoms with E-state index in [2.05, 4.69) is 10.6 Å². The van der Waals surface area contributed by atoms with Gasteiger partial charge in [0.15, 0.2) is 0 Å². The SMILES string of the molecule is CCC(CC)[C@H](O)CNC(=O)[C@]1(C)CCCC[C@@H]1NC(=O)OC(C)(C)C. The van der Waals surface area contributed by atoms with Crippen LogP contribution in [0.15, 0.2) is 0 Å². The van der Waals surface area contributed by atoms with Crippen LogP contribution >= 0.6 is 0 Å². The average Bonchev–Trinajstić information content (AvgIpc) is 2.54. The zero-order valence-corrected chi connectivity index (χ0v) is 17.4. The first kappa shape index (κ1) is 22.7. The second-order valence-corrected chi connectivity index (χ2v) is 8.72. The van der Waals surface area contributed by atoms with Crippen molar-refractivity contribution in [2.24, 2.45) is 11.3 Å². The molecule has 0 aromatic rings. The molecule has 1 fully saturated rings. The molecule has 0 saturated heterocycles. The van der Waals surface area contributed by atoms with Gasteiger partial charge >= 0.3 is 6.09 Å². The molecule has 1 aliphatic rings. The molecular weight excluding hydrogens is 332 g/mol. The van der Waals surface area contributed by atoms with Gasteiger partial charge in [-0.05, 0) is 46.5 Å². The molecule has 0 aromatic heterocycles. The van der Waals surface area contributed by atoms with Crippen molar-refractivity contribution < 1.29 is 19.4 Å². The van der Waals surface area contributed by atoms with Gasteiger partial charge in [-0.1, -0.05) is 39.5 Å². The van der Waals surface area contributed by atoms with Crippen LogP contribution in [0, 0.1) is 11.3 Å². The van der Waals surface area contributed by atoms with Crippen molar-refractivity contribution in [2.45, 2.75) is 97.8 Å². The number of alkyl carbamates (subject to hydrolysis) is 1. The first-order chi connectivity index (χ1) is 12.0. The number of carbonyl (C=O) groups is 2. The van der Waals surface area contributed by atoms with Crippen molar-refractivity contribution >= 4 is 12.0 Å². The summed E-state index contributed by atoms with van der Waals surface area (Å²) in [4.78, 5) is 25.1. The van der Waals surface area contributed by atoms with E-state index in [1.807, 2.05) is 41.5 Å². The van der Waals surface area contributed by atoms with Crippen molar-refractivity contribution in [3.05, 3.63) is 0 Å². The van der Waals surface area contributed by atoms with Crippen molar-refractivity contribution in [1.29, 1.82) is 0 Å². The summed E-state index contributed by atoms with van der Waals surface area (Å²) >= 11 is 0. The standard InChI is InChI=1S/C20H38N2O4/c1-7-14(8-2)15(23)13-21-17(24)20(6)12-10-9-11-16(20)22-18(25)26-19(3,4)5/h14-16,23H,7-13H2,1-6H3,(H,21,24)(H,22,25)/t15-,16+,20-/m1/s1. The van der Waals surface area contributed by atoms with Crippen LogP contribution in [0.5, 0.6) is 0 Å². The van der Waals surface area contributed by atoms with Crippen molar-refractivity contribution in [3.63, 3.8) is 0 Å². The Morgan fingerprint density at radius 3 is 2.38 bits per heavy atom. The van der Waals surface area contributed by atoms with Crippen molar-refractivity contribution in [1.82, 2.24) is 10.6 Å². The number of amides is 2. The van der Waals surface area contributed by atoms with E-state index in [1.54, 1.807) is 0 Å². The van der Waals surface area contributed by atoms with Gasteiger partial charge in [0.2, 0.25) is 5.91 Å². The maximum absolute atomic E-state index is 12.9. The van der Waals surface area contributed by atoms with Crippen molar-refractivity contribution in [2.75, 3.05) is 6.54 Å². The smallest absolute Gasteiger partial charge is 0.407 e. The molecule has 0 unspecified atom stereocenters. The first-order valence-corrected chi connectivity index (χ1v) is 9.99. The van der Waals surface area contributed by atoms with Gasteiger partial charge in [-0.15, -0.1) is 0 Å². The first-order valence-electron chi connectivity index (χ1n) is 9.99. The van der Waals surface area contributed by atoms with Crippen LogP contribution in [-0.4, -0.2) is 41.4 Å². The van der Waals surface area contributed by atoms with E-state index < -0.39 is 23.2 Å². The molecule has 0 spiro atoms. The summed E-state index contributed by atoms with van der Waals surface area (Å²) in [5.41, 5.74) is -1.26. The zero-order chi connectivity index (χ0) is 20.0. The molecule has 3 N–H and O–H groups in total. The van der Waals surface area contributed by atoms with Gasteiger partial charge in [0.1, 0.15) is 5.60 Å². The van der Waals surface area contributed by atoms with Crippen LogP contribution in [-0.2, 0) is 9.53 Å². The summed E-state index contributed by atoms with van der Waals surface area (Å²) in [6.45, 7) is 11.7. The maximum atomic E-state index is 12.9. The van der Waals surface area contributed by atoms with Gasteiger partial charge in [0.25, 0.3) is 0 Å². The van der Waals surface area contributed by atoms with Gasteiger partial charge < -0.3 is 20.5 Å². The molecule has 1 saturated carbocycles. The summed E-state index contributed by atoms with van der Waals surface area (Å²) in [6, 6.07) is -0.267. The van der Waals surface area contributed by atoms with Gasteiger partial charge in [-0.3, -0.25) is 4.79 Å². The molecule has 0 heterocycles. The molecule has 2 amide bonds.